The molecule has 0 saturated heterocycles. The van der Waals surface area contributed by atoms with Crippen LogP contribution in [-0.4, -0.2) is 16.0 Å². The fraction of sp³-hybridized carbons (Fsp3) is 0.118. The molecule has 25 heavy (non-hydrogen) atoms. The highest BCUT2D eigenvalue weighted by molar-refractivity contribution is 7.98. The number of carbonyl (C=O) groups is 1. The maximum atomic E-state index is 14.0. The third-order valence-corrected chi connectivity index (χ3v) is 4.58. The number of amides is 1. The summed E-state index contributed by atoms with van der Waals surface area (Å²) in [5.41, 5.74) is 1.11. The first-order valence-electron chi connectivity index (χ1n) is 7.30. The number of nitrogens with zero attached hydrogens (tertiary/aromatic N) is 2. The van der Waals surface area contributed by atoms with Gasteiger partial charge in [-0.05, 0) is 31.2 Å². The number of pyridine rings is 1. The van der Waals surface area contributed by atoms with Crippen LogP contribution in [0.1, 0.15) is 21.8 Å². The summed E-state index contributed by atoms with van der Waals surface area (Å²) in [6.45, 7) is 1.81. The van der Waals surface area contributed by atoms with Crippen molar-refractivity contribution in [2.45, 2.75) is 17.7 Å². The van der Waals surface area contributed by atoms with Crippen LogP contribution in [0.25, 0.3) is 0 Å². The van der Waals surface area contributed by atoms with E-state index in [9.17, 15) is 9.18 Å². The topological polar surface area (TPSA) is 68.0 Å². The number of hydrogen-bond acceptors (Lipinski definition) is 5. The Kier molecular flexibility index (Phi) is 5.35. The summed E-state index contributed by atoms with van der Waals surface area (Å²) in [7, 11) is 0. The number of rotatable bonds is 5. The molecule has 0 aliphatic rings. The third-order valence-electron chi connectivity index (χ3n) is 3.25. The van der Waals surface area contributed by atoms with E-state index in [2.05, 4.69) is 15.5 Å². The summed E-state index contributed by atoms with van der Waals surface area (Å²) in [6, 6.07) is 9.51. The molecule has 1 aromatic carbocycles. The zero-order chi connectivity index (χ0) is 17.8. The number of nitrogens with one attached hydrogen (secondary N) is 1. The summed E-state index contributed by atoms with van der Waals surface area (Å²) in [6.07, 6.45) is 1.59. The highest BCUT2D eigenvalue weighted by Crippen LogP contribution is 2.26. The quantitative estimate of drug-likeness (QED) is 0.652. The summed E-state index contributed by atoms with van der Waals surface area (Å²) < 4.78 is 19.0. The molecule has 2 heterocycles. The minimum atomic E-state index is -0.673. The van der Waals surface area contributed by atoms with Gasteiger partial charge in [-0.1, -0.05) is 34.6 Å². The zero-order valence-corrected chi connectivity index (χ0v) is 14.7. The maximum absolute atomic E-state index is 14.0. The fourth-order valence-electron chi connectivity index (χ4n) is 2.10. The largest absolute Gasteiger partial charge is 0.361 e. The Balaban J connectivity index is 1.77. The molecule has 0 radical (unpaired) electrons. The number of anilines is 1. The van der Waals surface area contributed by atoms with Crippen molar-refractivity contribution >= 4 is 35.0 Å². The normalized spacial score (nSPS) is 10.7. The summed E-state index contributed by atoms with van der Waals surface area (Å²) in [5.74, 6) is 0.0768. The fourth-order valence-corrected chi connectivity index (χ4v) is 3.14. The van der Waals surface area contributed by atoms with Crippen LogP contribution >= 0.6 is 23.4 Å². The Hall–Kier alpha value is -2.38. The Morgan fingerprint density at radius 1 is 1.36 bits per heavy atom. The first-order chi connectivity index (χ1) is 12.0. The molecule has 0 spiro atoms. The van der Waals surface area contributed by atoms with Crippen LogP contribution in [0.15, 0.2) is 52.1 Å². The highest BCUT2D eigenvalue weighted by atomic mass is 35.5. The van der Waals surface area contributed by atoms with E-state index in [1.165, 1.54) is 23.9 Å². The molecule has 0 bridgehead atoms. The molecule has 128 valence electrons. The minimum absolute atomic E-state index is 0.0180. The van der Waals surface area contributed by atoms with Crippen molar-refractivity contribution in [1.82, 2.24) is 10.1 Å². The summed E-state index contributed by atoms with van der Waals surface area (Å²) >= 11 is 7.08. The van der Waals surface area contributed by atoms with Crippen molar-refractivity contribution < 1.29 is 13.7 Å². The van der Waals surface area contributed by atoms with Gasteiger partial charge in [0.2, 0.25) is 0 Å². The predicted molar refractivity (Wildman–Crippen MR) is 94.4 cm³/mol. The molecule has 1 N–H and O–H groups in total. The van der Waals surface area contributed by atoms with Gasteiger partial charge in [-0.15, -0.1) is 0 Å². The van der Waals surface area contributed by atoms with Gasteiger partial charge in [0.15, 0.2) is 5.82 Å². The number of thioether (sulfide) groups is 1. The molecule has 3 rings (SSSR count). The predicted octanol–water partition coefficient (Wildman–Crippen LogP) is 4.72. The van der Waals surface area contributed by atoms with Gasteiger partial charge in [-0.25, -0.2) is 9.37 Å². The Morgan fingerprint density at radius 3 is 2.96 bits per heavy atom. The minimum Gasteiger partial charge on any atom is -0.361 e. The van der Waals surface area contributed by atoms with Gasteiger partial charge in [-0.2, -0.15) is 0 Å². The molecular weight excluding hydrogens is 365 g/mol. The lowest BCUT2D eigenvalue weighted by Gasteiger charge is -2.09. The number of aryl methyl sites for hydroxylation is 1. The van der Waals surface area contributed by atoms with Gasteiger partial charge in [-0.3, -0.25) is 4.79 Å². The van der Waals surface area contributed by atoms with Gasteiger partial charge in [0, 0.05) is 18.0 Å². The van der Waals surface area contributed by atoms with Crippen molar-refractivity contribution in [2.75, 3.05) is 5.32 Å². The zero-order valence-electron chi connectivity index (χ0n) is 13.1. The first kappa shape index (κ1) is 17.4. The molecule has 8 heteroatoms. The van der Waals surface area contributed by atoms with Crippen molar-refractivity contribution in [3.63, 3.8) is 0 Å². The number of hydrogen-bond donors (Lipinski definition) is 1. The van der Waals surface area contributed by atoms with Crippen LogP contribution in [0.5, 0.6) is 0 Å². The van der Waals surface area contributed by atoms with Gasteiger partial charge >= 0.3 is 0 Å². The van der Waals surface area contributed by atoms with E-state index in [1.807, 2.05) is 6.07 Å². The average Bonchev–Trinajstić information content (AvgIpc) is 3.03. The molecule has 1 amide bonds. The SMILES string of the molecule is Cc1cc(CSc2ncccc2C(=O)Nc2cccc(Cl)c2F)no1. The molecule has 5 nitrogen and oxygen atoms in total. The second kappa shape index (κ2) is 7.67. The van der Waals surface area contributed by atoms with Crippen molar-refractivity contribution in [2.24, 2.45) is 0 Å². The highest BCUT2D eigenvalue weighted by Gasteiger charge is 2.16. The van der Waals surface area contributed by atoms with Crippen LogP contribution in [0, 0.1) is 12.7 Å². The lowest BCUT2D eigenvalue weighted by molar-refractivity contribution is 0.102. The van der Waals surface area contributed by atoms with E-state index in [1.54, 1.807) is 31.3 Å². The van der Waals surface area contributed by atoms with Crippen LogP contribution in [-0.2, 0) is 5.75 Å². The molecule has 0 atom stereocenters. The first-order valence-corrected chi connectivity index (χ1v) is 8.66. The molecule has 0 unspecified atom stereocenters. The number of aromatic nitrogens is 2. The maximum Gasteiger partial charge on any atom is 0.258 e. The summed E-state index contributed by atoms with van der Waals surface area (Å²) in [4.78, 5) is 16.7. The van der Waals surface area contributed by atoms with Crippen molar-refractivity contribution in [1.29, 1.82) is 0 Å². The number of halogens is 2. The average molecular weight is 378 g/mol. The van der Waals surface area contributed by atoms with Gasteiger partial charge in [0.1, 0.15) is 10.8 Å². The van der Waals surface area contributed by atoms with Crippen LogP contribution in [0.3, 0.4) is 0 Å². The molecular formula is C17H13ClFN3O2S. The third kappa shape index (κ3) is 4.18. The van der Waals surface area contributed by atoms with E-state index in [4.69, 9.17) is 16.1 Å². The second-order valence-electron chi connectivity index (χ2n) is 5.13. The molecule has 0 aliphatic heterocycles. The molecule has 0 aliphatic carbocycles. The van der Waals surface area contributed by atoms with E-state index in [0.717, 1.165) is 5.69 Å². The Labute approximate surface area is 152 Å². The second-order valence-corrected chi connectivity index (χ2v) is 6.50. The van der Waals surface area contributed by atoms with E-state index >= 15 is 0 Å². The Morgan fingerprint density at radius 2 is 2.20 bits per heavy atom. The summed E-state index contributed by atoms with van der Waals surface area (Å²) in [5, 5.41) is 6.89. The lowest BCUT2D eigenvalue weighted by atomic mass is 10.2. The van der Waals surface area contributed by atoms with E-state index in [0.29, 0.717) is 22.1 Å². The molecule has 0 fully saturated rings. The van der Waals surface area contributed by atoms with Gasteiger partial charge in [0.25, 0.3) is 5.91 Å². The van der Waals surface area contributed by atoms with Crippen LogP contribution < -0.4 is 5.32 Å². The smallest absolute Gasteiger partial charge is 0.258 e. The van der Waals surface area contributed by atoms with Crippen molar-refractivity contribution in [3.8, 4) is 0 Å². The Bertz CT molecular complexity index is 916. The standard InChI is InChI=1S/C17H13ClFN3O2S/c1-10-8-11(22-24-10)9-25-17-12(4-3-7-20-17)16(23)21-14-6-2-5-13(18)15(14)19/h2-8H,9H2,1H3,(H,21,23). The van der Waals surface area contributed by atoms with Crippen LogP contribution in [0.4, 0.5) is 10.1 Å². The number of carbonyl (C=O) groups excluding carboxylic acids is 1. The van der Waals surface area contributed by atoms with Crippen LogP contribution in [0.2, 0.25) is 5.02 Å². The lowest BCUT2D eigenvalue weighted by Crippen LogP contribution is -2.14. The molecule has 0 saturated carbocycles. The molecule has 3 aromatic rings. The molecule has 2 aromatic heterocycles. The number of benzene rings is 1. The van der Waals surface area contributed by atoms with Gasteiger partial charge < -0.3 is 9.84 Å². The van der Waals surface area contributed by atoms with E-state index in [-0.39, 0.29) is 10.7 Å². The van der Waals surface area contributed by atoms with Crippen molar-refractivity contribution in [3.05, 3.63) is 70.5 Å². The monoisotopic (exact) mass is 377 g/mol. The van der Waals surface area contributed by atoms with E-state index < -0.39 is 11.7 Å². The van der Waals surface area contributed by atoms with Gasteiger partial charge in [0.05, 0.1) is 22.0 Å².